The molecule has 0 amide bonds. The first-order valence-electron chi connectivity index (χ1n) is 5.85. The molecule has 1 N–H and O–H groups in total. The second-order valence-electron chi connectivity index (χ2n) is 3.93. The Labute approximate surface area is 116 Å². The van der Waals surface area contributed by atoms with Gasteiger partial charge in [-0.25, -0.2) is 0 Å². The molecule has 19 heavy (non-hydrogen) atoms. The number of benzene rings is 1. The predicted octanol–water partition coefficient (Wildman–Crippen LogP) is 1.66. The van der Waals surface area contributed by atoms with Crippen molar-refractivity contribution in [2.45, 2.75) is 19.3 Å². The maximum absolute atomic E-state index is 9.80. The summed E-state index contributed by atoms with van der Waals surface area (Å²) in [5.41, 5.74) is 0.566. The van der Waals surface area contributed by atoms with Gasteiger partial charge in [0.1, 0.15) is 11.4 Å². The molecule has 1 aromatic heterocycles. The van der Waals surface area contributed by atoms with Crippen LogP contribution in [0.15, 0.2) is 24.3 Å². The summed E-state index contributed by atoms with van der Waals surface area (Å²) in [6.45, 7) is 0. The van der Waals surface area contributed by atoms with Crippen LogP contribution in [0.5, 0.6) is 5.75 Å². The summed E-state index contributed by atoms with van der Waals surface area (Å²) in [7, 11) is 1.56. The summed E-state index contributed by atoms with van der Waals surface area (Å²) in [6.07, 6.45) is 2.13. The molecule has 1 heterocycles. The zero-order chi connectivity index (χ0) is 13.7. The summed E-state index contributed by atoms with van der Waals surface area (Å²) in [5, 5.41) is 21.9. The third-order valence-corrected chi connectivity index (χ3v) is 3.02. The molecule has 0 saturated heterocycles. The van der Waals surface area contributed by atoms with Crippen LogP contribution in [0.25, 0.3) is 5.69 Å². The number of rotatable bonds is 5. The Morgan fingerprint density at radius 1 is 1.42 bits per heavy atom. The van der Waals surface area contributed by atoms with Gasteiger partial charge in [0.25, 0.3) is 0 Å². The average Bonchev–Trinajstić information content (AvgIpc) is 2.87. The molecule has 0 aliphatic heterocycles. The number of hydrogen-bond donors (Lipinski definition) is 1. The molecule has 0 saturated carbocycles. The lowest BCUT2D eigenvalue weighted by Crippen LogP contribution is -2.05. The molecule has 100 valence electrons. The van der Waals surface area contributed by atoms with E-state index in [1.54, 1.807) is 25.3 Å². The minimum absolute atomic E-state index is 0.142. The highest BCUT2D eigenvalue weighted by molar-refractivity contribution is 7.80. The lowest BCUT2D eigenvalue weighted by Gasteiger charge is -2.06. The minimum Gasteiger partial charge on any atom is -0.506 e. The van der Waals surface area contributed by atoms with Crippen LogP contribution in [0.2, 0.25) is 0 Å². The molecule has 2 rings (SSSR count). The maximum atomic E-state index is 9.80. The van der Waals surface area contributed by atoms with Gasteiger partial charge in [-0.2, -0.15) is 4.68 Å². The van der Waals surface area contributed by atoms with E-state index in [4.69, 9.17) is 17.0 Å². The van der Waals surface area contributed by atoms with E-state index in [0.29, 0.717) is 29.4 Å². The van der Waals surface area contributed by atoms with E-state index in [2.05, 4.69) is 15.5 Å². The number of thiocarbonyl (C=S) groups is 1. The molecule has 0 atom stereocenters. The number of nitrogens with zero attached hydrogens (tertiary/aromatic N) is 4. The number of phenolic OH excluding ortho intramolecular Hbond substituents is 1. The van der Waals surface area contributed by atoms with Crippen LogP contribution in [0.1, 0.15) is 18.7 Å². The van der Waals surface area contributed by atoms with Crippen LogP contribution < -0.4 is 0 Å². The minimum atomic E-state index is 0.142. The monoisotopic (exact) mass is 278 g/mol. The second-order valence-corrected chi connectivity index (χ2v) is 4.38. The van der Waals surface area contributed by atoms with Crippen LogP contribution in [-0.4, -0.2) is 37.5 Å². The Balaban J connectivity index is 2.10. The lowest BCUT2D eigenvalue weighted by atomic mass is 10.2. The number of para-hydroxylation sites is 2. The summed E-state index contributed by atoms with van der Waals surface area (Å²) in [5.74, 6) is 0.823. The van der Waals surface area contributed by atoms with Crippen molar-refractivity contribution in [3.63, 3.8) is 0 Å². The number of phenols is 1. The fourth-order valence-electron chi connectivity index (χ4n) is 1.68. The SMILES string of the molecule is COC(=S)CCCc1nnnn1-c1ccccc1O. The predicted molar refractivity (Wildman–Crippen MR) is 73.4 cm³/mol. The topological polar surface area (TPSA) is 73.1 Å². The van der Waals surface area contributed by atoms with Crippen molar-refractivity contribution in [1.29, 1.82) is 0 Å². The average molecular weight is 278 g/mol. The Kier molecular flexibility index (Phi) is 4.40. The number of aryl methyl sites for hydroxylation is 1. The number of aromatic hydroxyl groups is 1. The standard InChI is InChI=1S/C12H14N4O2S/c1-18-12(19)8-4-7-11-13-14-15-16(11)9-5-2-3-6-10(9)17/h2-3,5-6,17H,4,7-8H2,1H3. The summed E-state index contributed by atoms with van der Waals surface area (Å²) in [4.78, 5) is 0. The van der Waals surface area contributed by atoms with Gasteiger partial charge in [0, 0.05) is 12.8 Å². The van der Waals surface area contributed by atoms with Gasteiger partial charge in [-0.1, -0.05) is 12.1 Å². The molecule has 0 bridgehead atoms. The van der Waals surface area contributed by atoms with E-state index in [1.165, 1.54) is 4.68 Å². The number of tetrazole rings is 1. The zero-order valence-corrected chi connectivity index (χ0v) is 11.3. The first-order chi connectivity index (χ1) is 9.22. The molecular weight excluding hydrogens is 264 g/mol. The van der Waals surface area contributed by atoms with Crippen molar-refractivity contribution in [2.24, 2.45) is 0 Å². The second kappa shape index (κ2) is 6.24. The van der Waals surface area contributed by atoms with E-state index >= 15 is 0 Å². The first-order valence-corrected chi connectivity index (χ1v) is 6.25. The Morgan fingerprint density at radius 2 is 2.21 bits per heavy atom. The van der Waals surface area contributed by atoms with E-state index in [-0.39, 0.29) is 5.75 Å². The highest BCUT2D eigenvalue weighted by atomic mass is 32.1. The van der Waals surface area contributed by atoms with Crippen molar-refractivity contribution < 1.29 is 9.84 Å². The first kappa shape index (κ1) is 13.4. The van der Waals surface area contributed by atoms with Crippen LogP contribution in [-0.2, 0) is 11.2 Å². The normalized spacial score (nSPS) is 10.4. The molecule has 2 aromatic rings. The van der Waals surface area contributed by atoms with E-state index in [9.17, 15) is 5.11 Å². The van der Waals surface area contributed by atoms with E-state index in [1.807, 2.05) is 6.07 Å². The van der Waals surface area contributed by atoms with Gasteiger partial charge in [-0.15, -0.1) is 5.10 Å². The molecule has 0 aliphatic rings. The van der Waals surface area contributed by atoms with Gasteiger partial charge in [0.05, 0.1) is 7.11 Å². The highest BCUT2D eigenvalue weighted by Gasteiger charge is 2.11. The largest absolute Gasteiger partial charge is 0.506 e. The fourth-order valence-corrected chi connectivity index (χ4v) is 1.83. The molecule has 0 unspecified atom stereocenters. The third-order valence-electron chi connectivity index (χ3n) is 2.65. The number of aromatic nitrogens is 4. The highest BCUT2D eigenvalue weighted by Crippen LogP contribution is 2.20. The molecular formula is C12H14N4O2S. The van der Waals surface area contributed by atoms with Crippen molar-refractivity contribution in [1.82, 2.24) is 20.2 Å². The van der Waals surface area contributed by atoms with Gasteiger partial charge in [-0.05, 0) is 41.2 Å². The van der Waals surface area contributed by atoms with Gasteiger partial charge < -0.3 is 9.84 Å². The molecule has 6 nitrogen and oxygen atoms in total. The van der Waals surface area contributed by atoms with Gasteiger partial charge in [0.15, 0.2) is 10.9 Å². The van der Waals surface area contributed by atoms with Crippen LogP contribution in [0.4, 0.5) is 0 Å². The molecule has 0 fully saturated rings. The molecule has 0 spiro atoms. The molecule has 0 radical (unpaired) electrons. The number of ether oxygens (including phenoxy) is 1. The molecule has 0 aliphatic carbocycles. The Hall–Kier alpha value is -2.02. The maximum Gasteiger partial charge on any atom is 0.159 e. The number of methoxy groups -OCH3 is 1. The van der Waals surface area contributed by atoms with Crippen LogP contribution in [0.3, 0.4) is 0 Å². The van der Waals surface area contributed by atoms with Gasteiger partial charge in [0.2, 0.25) is 0 Å². The zero-order valence-electron chi connectivity index (χ0n) is 10.5. The Morgan fingerprint density at radius 3 is 2.95 bits per heavy atom. The van der Waals surface area contributed by atoms with Crippen LogP contribution >= 0.6 is 12.2 Å². The fraction of sp³-hybridized carbons (Fsp3) is 0.333. The molecule has 7 heteroatoms. The quantitative estimate of drug-likeness (QED) is 0.839. The number of hydrogen-bond acceptors (Lipinski definition) is 6. The summed E-state index contributed by atoms with van der Waals surface area (Å²) < 4.78 is 6.47. The summed E-state index contributed by atoms with van der Waals surface area (Å²) >= 11 is 4.98. The van der Waals surface area contributed by atoms with Crippen molar-refractivity contribution in [2.75, 3.05) is 7.11 Å². The van der Waals surface area contributed by atoms with E-state index < -0.39 is 0 Å². The van der Waals surface area contributed by atoms with Gasteiger partial charge >= 0.3 is 0 Å². The smallest absolute Gasteiger partial charge is 0.159 e. The summed E-state index contributed by atoms with van der Waals surface area (Å²) in [6, 6.07) is 6.93. The van der Waals surface area contributed by atoms with Crippen molar-refractivity contribution in [3.05, 3.63) is 30.1 Å². The van der Waals surface area contributed by atoms with E-state index in [0.717, 1.165) is 6.42 Å². The van der Waals surface area contributed by atoms with Crippen molar-refractivity contribution in [3.8, 4) is 11.4 Å². The van der Waals surface area contributed by atoms with Gasteiger partial charge in [-0.3, -0.25) is 0 Å². The Bertz CT molecular complexity index is 570. The molecule has 1 aromatic carbocycles. The van der Waals surface area contributed by atoms with Crippen molar-refractivity contribution >= 4 is 17.3 Å². The van der Waals surface area contributed by atoms with Crippen LogP contribution in [0, 0.1) is 0 Å². The third kappa shape index (κ3) is 3.25. The lowest BCUT2D eigenvalue weighted by molar-refractivity contribution is 0.400.